The molecule has 0 saturated carbocycles. The lowest BCUT2D eigenvalue weighted by atomic mass is 9.74. The van der Waals surface area contributed by atoms with Crippen molar-refractivity contribution in [2.45, 2.75) is 58.5 Å². The van der Waals surface area contributed by atoms with Crippen molar-refractivity contribution in [2.24, 2.45) is 5.41 Å². The molecule has 2 unspecified atom stereocenters. The lowest BCUT2D eigenvalue weighted by Gasteiger charge is -2.35. The van der Waals surface area contributed by atoms with Crippen LogP contribution in [-0.2, 0) is 11.2 Å². The second-order valence-corrected chi connectivity index (χ2v) is 6.99. The fourth-order valence-corrected chi connectivity index (χ4v) is 3.49. The number of furan rings is 1. The maximum Gasteiger partial charge on any atom is 0.237 e. The Kier molecular flexibility index (Phi) is 3.36. The minimum absolute atomic E-state index is 0.0171. The first kappa shape index (κ1) is 13.7. The van der Waals surface area contributed by atoms with Crippen molar-refractivity contribution in [1.82, 2.24) is 10.6 Å². The van der Waals surface area contributed by atoms with Gasteiger partial charge in [-0.05, 0) is 44.2 Å². The number of carbonyl (C=O) groups is 1. The van der Waals surface area contributed by atoms with Crippen molar-refractivity contribution < 1.29 is 9.21 Å². The van der Waals surface area contributed by atoms with Crippen LogP contribution in [0.25, 0.3) is 0 Å². The van der Waals surface area contributed by atoms with Crippen LogP contribution in [0.4, 0.5) is 0 Å². The monoisotopic (exact) mass is 276 g/mol. The summed E-state index contributed by atoms with van der Waals surface area (Å²) in [5.41, 5.74) is 1.34. The quantitative estimate of drug-likeness (QED) is 0.872. The number of amides is 1. The van der Waals surface area contributed by atoms with Crippen molar-refractivity contribution in [3.63, 3.8) is 0 Å². The van der Waals surface area contributed by atoms with Crippen molar-refractivity contribution in [3.05, 3.63) is 23.2 Å². The SMILES string of the molecule is Cc1cc2c(o1)CC(C)(C)CC2NC(=O)C1CCCN1. The molecule has 1 amide bonds. The summed E-state index contributed by atoms with van der Waals surface area (Å²) >= 11 is 0. The third-order valence-electron chi connectivity index (χ3n) is 4.43. The van der Waals surface area contributed by atoms with Gasteiger partial charge in [0.1, 0.15) is 11.5 Å². The highest BCUT2D eigenvalue weighted by atomic mass is 16.3. The summed E-state index contributed by atoms with van der Waals surface area (Å²) in [4.78, 5) is 12.3. The molecule has 3 rings (SSSR count). The molecule has 2 heterocycles. The highest BCUT2D eigenvalue weighted by Crippen LogP contribution is 2.42. The van der Waals surface area contributed by atoms with Gasteiger partial charge in [0.15, 0.2) is 0 Å². The van der Waals surface area contributed by atoms with E-state index in [1.54, 1.807) is 0 Å². The Hall–Kier alpha value is -1.29. The standard InChI is InChI=1S/C16H24N2O2/c1-10-7-11-13(8-16(2,3)9-14(11)20-10)18-15(19)12-5-4-6-17-12/h7,12-13,17H,4-6,8-9H2,1-3H3,(H,18,19). The molecule has 4 nitrogen and oxygen atoms in total. The van der Waals surface area contributed by atoms with Crippen molar-refractivity contribution in [2.75, 3.05) is 6.54 Å². The molecule has 0 spiro atoms. The van der Waals surface area contributed by atoms with Gasteiger partial charge in [-0.15, -0.1) is 0 Å². The van der Waals surface area contributed by atoms with Gasteiger partial charge in [-0.25, -0.2) is 0 Å². The second-order valence-electron chi connectivity index (χ2n) is 6.99. The molecule has 0 bridgehead atoms. The molecule has 0 radical (unpaired) electrons. The molecule has 1 saturated heterocycles. The molecule has 2 N–H and O–H groups in total. The zero-order valence-corrected chi connectivity index (χ0v) is 12.6. The minimum Gasteiger partial charge on any atom is -0.466 e. The van der Waals surface area contributed by atoms with Crippen LogP contribution in [0.3, 0.4) is 0 Å². The highest BCUT2D eigenvalue weighted by Gasteiger charge is 2.36. The summed E-state index contributed by atoms with van der Waals surface area (Å²) < 4.78 is 5.81. The Morgan fingerprint density at radius 2 is 2.30 bits per heavy atom. The van der Waals surface area contributed by atoms with E-state index >= 15 is 0 Å². The normalized spacial score (nSPS) is 28.1. The van der Waals surface area contributed by atoms with Gasteiger partial charge in [-0.1, -0.05) is 13.8 Å². The van der Waals surface area contributed by atoms with Gasteiger partial charge in [-0.3, -0.25) is 4.79 Å². The Morgan fingerprint density at radius 1 is 1.50 bits per heavy atom. The van der Waals surface area contributed by atoms with Gasteiger partial charge in [0.05, 0.1) is 12.1 Å². The lowest BCUT2D eigenvalue weighted by molar-refractivity contribution is -0.123. The van der Waals surface area contributed by atoms with Gasteiger partial charge >= 0.3 is 0 Å². The van der Waals surface area contributed by atoms with Crippen LogP contribution < -0.4 is 10.6 Å². The molecule has 0 aromatic carbocycles. The zero-order chi connectivity index (χ0) is 14.3. The molecule has 4 heteroatoms. The Morgan fingerprint density at radius 3 is 3.00 bits per heavy atom. The largest absolute Gasteiger partial charge is 0.466 e. The molecule has 110 valence electrons. The van der Waals surface area contributed by atoms with E-state index in [4.69, 9.17) is 4.42 Å². The van der Waals surface area contributed by atoms with Gasteiger partial charge < -0.3 is 15.1 Å². The fraction of sp³-hybridized carbons (Fsp3) is 0.688. The summed E-state index contributed by atoms with van der Waals surface area (Å²) in [5, 5.41) is 6.48. The minimum atomic E-state index is -0.0171. The van der Waals surface area contributed by atoms with Crippen LogP contribution in [0.1, 0.15) is 56.2 Å². The molecule has 1 aliphatic heterocycles. The first-order chi connectivity index (χ1) is 9.44. The summed E-state index contributed by atoms with van der Waals surface area (Å²) in [6.07, 6.45) is 3.95. The summed E-state index contributed by atoms with van der Waals surface area (Å²) in [6.45, 7) is 7.40. The molecule has 1 aliphatic carbocycles. The van der Waals surface area contributed by atoms with E-state index in [0.717, 1.165) is 43.7 Å². The summed E-state index contributed by atoms with van der Waals surface area (Å²) in [7, 11) is 0. The molecule has 1 aromatic rings. The van der Waals surface area contributed by atoms with Gasteiger partial charge in [-0.2, -0.15) is 0 Å². The third-order valence-corrected chi connectivity index (χ3v) is 4.43. The fourth-order valence-electron chi connectivity index (χ4n) is 3.49. The zero-order valence-electron chi connectivity index (χ0n) is 12.6. The molecule has 1 fully saturated rings. The van der Waals surface area contributed by atoms with Crippen LogP contribution in [0.5, 0.6) is 0 Å². The number of hydrogen-bond donors (Lipinski definition) is 2. The van der Waals surface area contributed by atoms with Crippen LogP contribution >= 0.6 is 0 Å². The molecule has 20 heavy (non-hydrogen) atoms. The molecule has 2 aliphatic rings. The van der Waals surface area contributed by atoms with Crippen LogP contribution in [0.15, 0.2) is 10.5 Å². The smallest absolute Gasteiger partial charge is 0.237 e. The Balaban J connectivity index is 1.79. The number of fused-ring (bicyclic) bond motifs is 1. The third kappa shape index (κ3) is 2.62. The van der Waals surface area contributed by atoms with E-state index in [0.29, 0.717) is 0 Å². The van der Waals surface area contributed by atoms with Crippen LogP contribution in [0, 0.1) is 12.3 Å². The predicted octanol–water partition coefficient (Wildman–Crippen LogP) is 2.47. The van der Waals surface area contributed by atoms with E-state index in [2.05, 4.69) is 30.5 Å². The number of aryl methyl sites for hydroxylation is 1. The summed E-state index contributed by atoms with van der Waals surface area (Å²) in [5.74, 6) is 2.12. The molecule has 2 atom stereocenters. The molecule has 1 aromatic heterocycles. The second kappa shape index (κ2) is 4.92. The summed E-state index contributed by atoms with van der Waals surface area (Å²) in [6, 6.07) is 2.15. The van der Waals surface area contributed by atoms with Crippen LogP contribution in [-0.4, -0.2) is 18.5 Å². The number of hydrogen-bond acceptors (Lipinski definition) is 3. The number of rotatable bonds is 2. The molecular weight excluding hydrogens is 252 g/mol. The number of carbonyl (C=O) groups excluding carboxylic acids is 1. The van der Waals surface area contributed by atoms with E-state index in [1.165, 1.54) is 5.56 Å². The van der Waals surface area contributed by atoms with Crippen molar-refractivity contribution in [3.8, 4) is 0 Å². The van der Waals surface area contributed by atoms with Crippen LogP contribution in [0.2, 0.25) is 0 Å². The topological polar surface area (TPSA) is 54.3 Å². The average molecular weight is 276 g/mol. The Labute approximate surface area is 120 Å². The van der Waals surface area contributed by atoms with E-state index in [-0.39, 0.29) is 23.4 Å². The van der Waals surface area contributed by atoms with Gasteiger partial charge in [0.25, 0.3) is 0 Å². The highest BCUT2D eigenvalue weighted by molar-refractivity contribution is 5.82. The number of nitrogens with one attached hydrogen (secondary N) is 2. The van der Waals surface area contributed by atoms with E-state index < -0.39 is 0 Å². The van der Waals surface area contributed by atoms with E-state index in [9.17, 15) is 4.79 Å². The Bertz CT molecular complexity index is 513. The average Bonchev–Trinajstić information content (AvgIpc) is 2.95. The van der Waals surface area contributed by atoms with Gasteiger partial charge in [0, 0.05) is 12.0 Å². The lowest BCUT2D eigenvalue weighted by Crippen LogP contribution is -2.44. The predicted molar refractivity (Wildman–Crippen MR) is 77.5 cm³/mol. The maximum atomic E-state index is 12.3. The first-order valence-electron chi connectivity index (χ1n) is 7.58. The maximum absolute atomic E-state index is 12.3. The van der Waals surface area contributed by atoms with E-state index in [1.807, 2.05) is 6.92 Å². The van der Waals surface area contributed by atoms with Gasteiger partial charge in [0.2, 0.25) is 5.91 Å². The van der Waals surface area contributed by atoms with Crippen molar-refractivity contribution >= 4 is 5.91 Å². The molecular formula is C16H24N2O2. The van der Waals surface area contributed by atoms with Crippen molar-refractivity contribution in [1.29, 1.82) is 0 Å². The first-order valence-corrected chi connectivity index (χ1v) is 7.58.